The Bertz CT molecular complexity index is 1780. The van der Waals surface area contributed by atoms with Crippen LogP contribution in [-0.4, -0.2) is 45.2 Å². The molecule has 1 N–H and O–H groups in total. The van der Waals surface area contributed by atoms with E-state index in [4.69, 9.17) is 25.8 Å². The molecule has 0 saturated heterocycles. The third kappa shape index (κ3) is 9.15. The van der Waals surface area contributed by atoms with Crippen molar-refractivity contribution >= 4 is 34.7 Å². The van der Waals surface area contributed by atoms with Crippen LogP contribution in [0.2, 0.25) is 5.02 Å². The van der Waals surface area contributed by atoms with Gasteiger partial charge in [-0.2, -0.15) is 0 Å². The molecule has 5 aromatic carbocycles. The number of esters is 1. The van der Waals surface area contributed by atoms with Crippen LogP contribution in [-0.2, 0) is 22.5 Å². The summed E-state index contributed by atoms with van der Waals surface area (Å²) in [6.45, 7) is 1.71. The average Bonchev–Trinajstić information content (AvgIpc) is 3.11. The summed E-state index contributed by atoms with van der Waals surface area (Å²) in [6, 6.07) is 38.9. The van der Waals surface area contributed by atoms with E-state index in [-0.39, 0.29) is 5.78 Å². The third-order valence-corrected chi connectivity index (χ3v) is 7.93. The maximum absolute atomic E-state index is 13.2. The number of nitrogens with one attached hydrogen (secondary N) is 1. The standard InChI is InChI=1S/C39H37ClN2O5/c1-45-34-15-8-10-29(24-34)27-42(32-14-9-13-31(40)26-32)22-23-47-33-20-18-28(19-21-33)25-37(39(44)46-2)41-36-17-7-6-16-35(36)38(43)30-11-4-3-5-12-30/h3-21,24,26,37,41H,22-23,25,27H2,1-2H3. The van der Waals surface area contributed by atoms with E-state index in [1.54, 1.807) is 37.4 Å². The Labute approximate surface area is 280 Å². The Kier molecular flexibility index (Phi) is 11.5. The van der Waals surface area contributed by atoms with Crippen molar-refractivity contribution in [3.05, 3.63) is 155 Å². The summed E-state index contributed by atoms with van der Waals surface area (Å²) in [5, 5.41) is 3.92. The maximum Gasteiger partial charge on any atom is 0.328 e. The van der Waals surface area contributed by atoms with Gasteiger partial charge in [-0.3, -0.25) is 4.79 Å². The van der Waals surface area contributed by atoms with Crippen molar-refractivity contribution in [2.75, 3.05) is 37.6 Å². The molecule has 0 aliphatic heterocycles. The summed E-state index contributed by atoms with van der Waals surface area (Å²) in [5.74, 6) is 0.961. The normalized spacial score (nSPS) is 11.3. The smallest absolute Gasteiger partial charge is 0.328 e. The maximum atomic E-state index is 13.2. The molecule has 47 heavy (non-hydrogen) atoms. The molecule has 1 atom stereocenters. The second-order valence-corrected chi connectivity index (χ2v) is 11.3. The molecule has 0 aliphatic carbocycles. The van der Waals surface area contributed by atoms with E-state index in [2.05, 4.69) is 16.3 Å². The van der Waals surface area contributed by atoms with Gasteiger partial charge in [0.2, 0.25) is 0 Å². The van der Waals surface area contributed by atoms with Crippen LogP contribution in [0.4, 0.5) is 11.4 Å². The highest BCUT2D eigenvalue weighted by Gasteiger charge is 2.23. The number of ether oxygens (including phenoxy) is 3. The van der Waals surface area contributed by atoms with Crippen LogP contribution in [0.15, 0.2) is 127 Å². The number of hydrogen-bond donors (Lipinski definition) is 1. The molecule has 7 nitrogen and oxygen atoms in total. The highest BCUT2D eigenvalue weighted by Crippen LogP contribution is 2.24. The number of rotatable bonds is 15. The topological polar surface area (TPSA) is 77.1 Å². The van der Waals surface area contributed by atoms with E-state index in [1.165, 1.54) is 7.11 Å². The number of methoxy groups -OCH3 is 2. The van der Waals surface area contributed by atoms with Gasteiger partial charge in [-0.05, 0) is 65.7 Å². The quantitative estimate of drug-likeness (QED) is 0.0915. The van der Waals surface area contributed by atoms with Crippen molar-refractivity contribution in [3.8, 4) is 11.5 Å². The lowest BCUT2D eigenvalue weighted by molar-refractivity contribution is -0.141. The molecule has 0 aromatic heterocycles. The van der Waals surface area contributed by atoms with Gasteiger partial charge in [-0.25, -0.2) is 4.79 Å². The summed E-state index contributed by atoms with van der Waals surface area (Å²) in [5.41, 5.74) is 4.63. The monoisotopic (exact) mass is 648 g/mol. The minimum atomic E-state index is -0.709. The number of carbonyl (C=O) groups excluding carboxylic acids is 2. The first-order chi connectivity index (χ1) is 22.9. The largest absolute Gasteiger partial charge is 0.497 e. The zero-order chi connectivity index (χ0) is 33.0. The second kappa shape index (κ2) is 16.3. The molecule has 0 saturated carbocycles. The third-order valence-electron chi connectivity index (χ3n) is 7.70. The van der Waals surface area contributed by atoms with Crippen molar-refractivity contribution in [1.82, 2.24) is 0 Å². The molecular formula is C39H37ClN2O5. The Morgan fingerprint density at radius 3 is 2.26 bits per heavy atom. The molecule has 1 unspecified atom stereocenters. The number of anilines is 2. The molecule has 0 amide bonds. The molecule has 0 aliphatic rings. The number of ketones is 1. The van der Waals surface area contributed by atoms with Crippen LogP contribution in [0.25, 0.3) is 0 Å². The number of benzene rings is 5. The van der Waals surface area contributed by atoms with Gasteiger partial charge < -0.3 is 24.4 Å². The summed E-state index contributed by atoms with van der Waals surface area (Å²) < 4.78 is 16.7. The van der Waals surface area contributed by atoms with Gasteiger partial charge in [0, 0.05) is 40.5 Å². The molecule has 5 rings (SSSR count). The minimum absolute atomic E-state index is 0.128. The van der Waals surface area contributed by atoms with Crippen molar-refractivity contribution in [3.63, 3.8) is 0 Å². The van der Waals surface area contributed by atoms with E-state index in [9.17, 15) is 9.59 Å². The van der Waals surface area contributed by atoms with Crippen molar-refractivity contribution in [2.45, 2.75) is 19.0 Å². The van der Waals surface area contributed by atoms with E-state index >= 15 is 0 Å². The summed E-state index contributed by atoms with van der Waals surface area (Å²) >= 11 is 6.31. The van der Waals surface area contributed by atoms with Gasteiger partial charge in [-0.15, -0.1) is 0 Å². The molecule has 0 bridgehead atoms. The molecular weight excluding hydrogens is 612 g/mol. The molecule has 0 fully saturated rings. The Morgan fingerprint density at radius 1 is 0.766 bits per heavy atom. The highest BCUT2D eigenvalue weighted by atomic mass is 35.5. The fraction of sp³-hybridized carbons (Fsp3) is 0.179. The van der Waals surface area contributed by atoms with Crippen LogP contribution >= 0.6 is 11.6 Å². The van der Waals surface area contributed by atoms with Crippen LogP contribution in [0.1, 0.15) is 27.0 Å². The first-order valence-electron chi connectivity index (χ1n) is 15.3. The lowest BCUT2D eigenvalue weighted by Gasteiger charge is -2.25. The van der Waals surface area contributed by atoms with Crippen LogP contribution in [0, 0.1) is 0 Å². The lowest BCUT2D eigenvalue weighted by atomic mass is 10.00. The van der Waals surface area contributed by atoms with Crippen molar-refractivity contribution < 1.29 is 23.8 Å². The molecule has 0 spiro atoms. The molecule has 0 radical (unpaired) electrons. The number of halogens is 1. The zero-order valence-electron chi connectivity index (χ0n) is 26.4. The fourth-order valence-corrected chi connectivity index (χ4v) is 5.45. The van der Waals surface area contributed by atoms with E-state index in [0.29, 0.717) is 53.7 Å². The number of para-hydroxylation sites is 1. The van der Waals surface area contributed by atoms with Gasteiger partial charge >= 0.3 is 5.97 Å². The molecule has 0 heterocycles. The summed E-state index contributed by atoms with van der Waals surface area (Å²) in [7, 11) is 3.02. The number of carbonyl (C=O) groups is 2. The van der Waals surface area contributed by atoms with Crippen molar-refractivity contribution in [2.24, 2.45) is 0 Å². The number of hydrogen-bond acceptors (Lipinski definition) is 7. The molecule has 5 aromatic rings. The Morgan fingerprint density at radius 2 is 1.51 bits per heavy atom. The summed E-state index contributed by atoms with van der Waals surface area (Å²) in [6.07, 6.45) is 0.351. The molecule has 8 heteroatoms. The zero-order valence-corrected chi connectivity index (χ0v) is 27.2. The van der Waals surface area contributed by atoms with Crippen LogP contribution in [0.5, 0.6) is 11.5 Å². The first kappa shape index (κ1) is 33.1. The van der Waals surface area contributed by atoms with Gasteiger partial charge in [-0.1, -0.05) is 84.4 Å². The predicted molar refractivity (Wildman–Crippen MR) is 187 cm³/mol. The van der Waals surface area contributed by atoms with Crippen LogP contribution in [0.3, 0.4) is 0 Å². The molecule has 240 valence electrons. The van der Waals surface area contributed by atoms with Gasteiger partial charge in [0.15, 0.2) is 5.78 Å². The highest BCUT2D eigenvalue weighted by molar-refractivity contribution is 6.30. The SMILES string of the molecule is COC(=O)C(Cc1ccc(OCCN(Cc2cccc(OC)c2)c2cccc(Cl)c2)cc1)Nc1ccccc1C(=O)c1ccccc1. The summed E-state index contributed by atoms with van der Waals surface area (Å²) in [4.78, 5) is 28.3. The Balaban J connectivity index is 1.23. The average molecular weight is 649 g/mol. The Hall–Kier alpha value is -5.27. The first-order valence-corrected chi connectivity index (χ1v) is 15.7. The van der Waals surface area contributed by atoms with Gasteiger partial charge in [0.1, 0.15) is 24.1 Å². The van der Waals surface area contributed by atoms with Crippen molar-refractivity contribution in [1.29, 1.82) is 0 Å². The lowest BCUT2D eigenvalue weighted by Crippen LogP contribution is -2.33. The fourth-order valence-electron chi connectivity index (χ4n) is 5.27. The second-order valence-electron chi connectivity index (χ2n) is 10.9. The van der Waals surface area contributed by atoms with Gasteiger partial charge in [0.25, 0.3) is 0 Å². The predicted octanol–water partition coefficient (Wildman–Crippen LogP) is 7.86. The van der Waals surface area contributed by atoms with E-state index < -0.39 is 12.0 Å². The van der Waals surface area contributed by atoms with E-state index in [1.807, 2.05) is 91.0 Å². The minimum Gasteiger partial charge on any atom is -0.497 e. The van der Waals surface area contributed by atoms with Crippen LogP contribution < -0.4 is 19.7 Å². The number of nitrogens with zero attached hydrogens (tertiary/aromatic N) is 1. The van der Waals surface area contributed by atoms with Gasteiger partial charge in [0.05, 0.1) is 20.8 Å². The van der Waals surface area contributed by atoms with E-state index in [0.717, 1.165) is 22.6 Å².